The fraction of sp³-hybridized carbons (Fsp3) is 0.500. The lowest BCUT2D eigenvalue weighted by atomic mass is 10.2. The Morgan fingerprint density at radius 3 is 2.77 bits per heavy atom. The van der Waals surface area contributed by atoms with Crippen molar-refractivity contribution < 1.29 is 22.7 Å². The van der Waals surface area contributed by atoms with E-state index in [0.29, 0.717) is 5.75 Å². The smallest absolute Gasteiger partial charge is 0.322 e. The van der Waals surface area contributed by atoms with Gasteiger partial charge in [-0.05, 0) is 12.5 Å². The predicted octanol–water partition coefficient (Wildman–Crippen LogP) is 0.0181. The number of nitrogens with one attached hydrogen (secondary N) is 2. The summed E-state index contributed by atoms with van der Waals surface area (Å²) in [5.74, 6) is 0.185. The number of hydrogen-bond acceptors (Lipinski definition) is 6. The van der Waals surface area contributed by atoms with E-state index in [0.717, 1.165) is 5.56 Å². The van der Waals surface area contributed by atoms with Crippen molar-refractivity contribution in [2.24, 2.45) is 0 Å². The molecule has 122 valence electrons. The number of para-hydroxylation sites is 1. The van der Waals surface area contributed by atoms with E-state index in [4.69, 9.17) is 4.74 Å². The van der Waals surface area contributed by atoms with Crippen molar-refractivity contribution in [1.82, 2.24) is 10.0 Å². The first-order valence-electron chi connectivity index (χ1n) is 6.89. The van der Waals surface area contributed by atoms with E-state index >= 15 is 0 Å². The summed E-state index contributed by atoms with van der Waals surface area (Å²) in [6.07, 6.45) is 0.202. The molecule has 2 unspecified atom stereocenters. The van der Waals surface area contributed by atoms with Gasteiger partial charge in [0.25, 0.3) is 0 Å². The van der Waals surface area contributed by atoms with Crippen LogP contribution < -0.4 is 14.8 Å². The second kappa shape index (κ2) is 7.08. The van der Waals surface area contributed by atoms with Crippen LogP contribution in [-0.4, -0.2) is 46.4 Å². The monoisotopic (exact) mass is 328 g/mol. The van der Waals surface area contributed by atoms with Crippen molar-refractivity contribution in [2.45, 2.75) is 24.3 Å². The maximum absolute atomic E-state index is 12.3. The second-order valence-corrected chi connectivity index (χ2v) is 7.07. The van der Waals surface area contributed by atoms with Crippen molar-refractivity contribution in [1.29, 1.82) is 0 Å². The molecule has 1 aromatic carbocycles. The molecular formula is C14H20N2O5S. The van der Waals surface area contributed by atoms with Crippen LogP contribution in [0.4, 0.5) is 0 Å². The van der Waals surface area contributed by atoms with Crippen LogP contribution in [0, 0.1) is 0 Å². The molecule has 0 radical (unpaired) electrons. The van der Waals surface area contributed by atoms with Crippen molar-refractivity contribution in [3.05, 3.63) is 29.8 Å². The van der Waals surface area contributed by atoms with E-state index in [2.05, 4.69) is 14.8 Å². The SMILES string of the molecule is COC(=O)C1CC(S(=O)(=O)NCc2ccccc2OC)CN1. The first kappa shape index (κ1) is 16.7. The van der Waals surface area contributed by atoms with Crippen LogP contribution in [0.1, 0.15) is 12.0 Å². The van der Waals surface area contributed by atoms with Crippen molar-refractivity contribution in [2.75, 3.05) is 20.8 Å². The van der Waals surface area contributed by atoms with Gasteiger partial charge in [-0.1, -0.05) is 18.2 Å². The van der Waals surface area contributed by atoms with Crippen LogP contribution in [0.25, 0.3) is 0 Å². The van der Waals surface area contributed by atoms with Crippen molar-refractivity contribution >= 4 is 16.0 Å². The van der Waals surface area contributed by atoms with Crippen molar-refractivity contribution in [3.63, 3.8) is 0 Å². The summed E-state index contributed by atoms with van der Waals surface area (Å²) < 4.78 is 37.0. The minimum absolute atomic E-state index is 0.145. The maximum atomic E-state index is 12.3. The van der Waals surface area contributed by atoms with Crippen LogP contribution in [-0.2, 0) is 26.1 Å². The van der Waals surface area contributed by atoms with Gasteiger partial charge in [0.15, 0.2) is 0 Å². The maximum Gasteiger partial charge on any atom is 0.322 e. The summed E-state index contributed by atoms with van der Waals surface area (Å²) >= 11 is 0. The number of sulfonamides is 1. The number of esters is 1. The van der Waals surface area contributed by atoms with Crippen LogP contribution in [0.3, 0.4) is 0 Å². The number of hydrogen-bond donors (Lipinski definition) is 2. The molecule has 1 fully saturated rings. The van der Waals surface area contributed by atoms with E-state index in [1.807, 2.05) is 12.1 Å². The minimum atomic E-state index is -3.53. The molecular weight excluding hydrogens is 308 g/mol. The van der Waals surface area contributed by atoms with Gasteiger partial charge < -0.3 is 14.8 Å². The van der Waals surface area contributed by atoms with E-state index in [9.17, 15) is 13.2 Å². The number of rotatable bonds is 6. The van der Waals surface area contributed by atoms with Crippen LogP contribution >= 0.6 is 0 Å². The zero-order chi connectivity index (χ0) is 16.2. The Kier molecular flexibility index (Phi) is 5.38. The predicted molar refractivity (Wildman–Crippen MR) is 81.0 cm³/mol. The van der Waals surface area contributed by atoms with Gasteiger partial charge in [0, 0.05) is 18.7 Å². The molecule has 0 aromatic heterocycles. The molecule has 8 heteroatoms. The largest absolute Gasteiger partial charge is 0.496 e. The van der Waals surface area contributed by atoms with Gasteiger partial charge in [0.2, 0.25) is 10.0 Å². The Balaban J connectivity index is 1.99. The molecule has 0 saturated carbocycles. The zero-order valence-corrected chi connectivity index (χ0v) is 13.4. The molecule has 1 aromatic rings. The molecule has 1 aliphatic rings. The fourth-order valence-electron chi connectivity index (χ4n) is 2.41. The minimum Gasteiger partial charge on any atom is -0.496 e. The molecule has 0 bridgehead atoms. The van der Waals surface area contributed by atoms with Crippen molar-refractivity contribution in [3.8, 4) is 5.75 Å². The molecule has 2 N–H and O–H groups in total. The summed E-state index contributed by atoms with van der Waals surface area (Å²) in [7, 11) is -0.713. The van der Waals surface area contributed by atoms with Gasteiger partial charge >= 0.3 is 5.97 Å². The molecule has 1 heterocycles. The molecule has 0 aliphatic carbocycles. The van der Waals surface area contributed by atoms with E-state index < -0.39 is 27.3 Å². The lowest BCUT2D eigenvalue weighted by Gasteiger charge is -2.13. The van der Waals surface area contributed by atoms with E-state index in [-0.39, 0.29) is 19.5 Å². The Labute approximate surface area is 130 Å². The summed E-state index contributed by atoms with van der Waals surface area (Å²) in [4.78, 5) is 11.4. The molecule has 0 amide bonds. The Bertz CT molecular complexity index is 632. The number of carbonyl (C=O) groups is 1. The van der Waals surface area contributed by atoms with Gasteiger partial charge in [-0.15, -0.1) is 0 Å². The molecule has 7 nitrogen and oxygen atoms in total. The average Bonchev–Trinajstić information content (AvgIpc) is 3.03. The molecule has 1 saturated heterocycles. The number of ether oxygens (including phenoxy) is 2. The highest BCUT2D eigenvalue weighted by molar-refractivity contribution is 7.90. The zero-order valence-electron chi connectivity index (χ0n) is 12.5. The standard InChI is InChI=1S/C14H20N2O5S/c1-20-13-6-4-3-5-10(13)8-16-22(18,19)11-7-12(15-9-11)14(17)21-2/h3-6,11-12,15-16H,7-9H2,1-2H3. The number of carbonyl (C=O) groups excluding carboxylic acids is 1. The summed E-state index contributed by atoms with van der Waals surface area (Å²) in [6.45, 7) is 0.368. The van der Waals surface area contributed by atoms with Gasteiger partial charge in [-0.3, -0.25) is 4.79 Å². The lowest BCUT2D eigenvalue weighted by Crippen LogP contribution is -2.35. The quantitative estimate of drug-likeness (QED) is 0.715. The first-order chi connectivity index (χ1) is 10.5. The highest BCUT2D eigenvalue weighted by atomic mass is 32.2. The highest BCUT2D eigenvalue weighted by Gasteiger charge is 2.37. The topological polar surface area (TPSA) is 93.7 Å². The molecule has 0 spiro atoms. The van der Waals surface area contributed by atoms with E-state index in [1.165, 1.54) is 14.2 Å². The third-order valence-corrected chi connectivity index (χ3v) is 5.45. The normalized spacial score (nSPS) is 21.5. The Hall–Kier alpha value is -1.64. The summed E-state index contributed by atoms with van der Waals surface area (Å²) in [6, 6.07) is 6.63. The number of benzene rings is 1. The Morgan fingerprint density at radius 1 is 1.36 bits per heavy atom. The third-order valence-electron chi connectivity index (χ3n) is 3.67. The average molecular weight is 328 g/mol. The highest BCUT2D eigenvalue weighted by Crippen LogP contribution is 2.19. The molecule has 2 rings (SSSR count). The fourth-order valence-corrected chi connectivity index (χ4v) is 3.76. The summed E-state index contributed by atoms with van der Waals surface area (Å²) in [5, 5.41) is 2.20. The lowest BCUT2D eigenvalue weighted by molar-refractivity contribution is -0.142. The molecule has 2 atom stereocenters. The van der Waals surface area contributed by atoms with Crippen LogP contribution in [0.5, 0.6) is 5.75 Å². The molecule has 1 aliphatic heterocycles. The number of methoxy groups -OCH3 is 2. The van der Waals surface area contributed by atoms with Crippen LogP contribution in [0.15, 0.2) is 24.3 Å². The third kappa shape index (κ3) is 3.76. The van der Waals surface area contributed by atoms with Gasteiger partial charge in [0.1, 0.15) is 11.8 Å². The molecule has 22 heavy (non-hydrogen) atoms. The Morgan fingerprint density at radius 2 is 2.09 bits per heavy atom. The van der Waals surface area contributed by atoms with Gasteiger partial charge in [-0.25, -0.2) is 13.1 Å². The second-order valence-electron chi connectivity index (χ2n) is 5.02. The van der Waals surface area contributed by atoms with E-state index in [1.54, 1.807) is 12.1 Å². The first-order valence-corrected chi connectivity index (χ1v) is 8.44. The van der Waals surface area contributed by atoms with Gasteiger partial charge in [-0.2, -0.15) is 0 Å². The van der Waals surface area contributed by atoms with Gasteiger partial charge in [0.05, 0.1) is 19.5 Å². The van der Waals surface area contributed by atoms with Crippen LogP contribution in [0.2, 0.25) is 0 Å². The summed E-state index contributed by atoms with van der Waals surface area (Å²) in [5.41, 5.74) is 0.754.